The van der Waals surface area contributed by atoms with Gasteiger partial charge in [0.15, 0.2) is 0 Å². The van der Waals surface area contributed by atoms with Crippen molar-refractivity contribution >= 4 is 7.60 Å². The van der Waals surface area contributed by atoms with Gasteiger partial charge in [-0.25, -0.2) is 0 Å². The fourth-order valence-electron chi connectivity index (χ4n) is 2.12. The molecule has 0 saturated carbocycles. The fourth-order valence-corrected chi connectivity index (χ4v) is 4.43. The third kappa shape index (κ3) is 3.54. The molecule has 0 bridgehead atoms. The van der Waals surface area contributed by atoms with Gasteiger partial charge in [0, 0.05) is 0 Å². The predicted octanol–water partition coefficient (Wildman–Crippen LogP) is 3.52. The van der Waals surface area contributed by atoms with Crippen molar-refractivity contribution in [1.29, 1.82) is 0 Å². The Morgan fingerprint density at radius 1 is 1.41 bits per heavy atom. The van der Waals surface area contributed by atoms with E-state index in [1.165, 1.54) is 0 Å². The molecule has 0 aromatic carbocycles. The summed E-state index contributed by atoms with van der Waals surface area (Å²) >= 11 is 0. The molecule has 0 amide bonds. The molecule has 1 heterocycles. The summed E-state index contributed by atoms with van der Waals surface area (Å²) in [6, 6.07) is 0. The van der Waals surface area contributed by atoms with Gasteiger partial charge in [-0.05, 0) is 39.7 Å². The molecule has 17 heavy (non-hydrogen) atoms. The molecule has 0 spiro atoms. The third-order valence-corrected chi connectivity index (χ3v) is 5.95. The van der Waals surface area contributed by atoms with E-state index in [1.807, 2.05) is 13.8 Å². The highest BCUT2D eigenvalue weighted by Gasteiger charge is 2.48. The minimum atomic E-state index is -3.05. The second-order valence-electron chi connectivity index (χ2n) is 4.99. The van der Waals surface area contributed by atoms with Gasteiger partial charge in [0.1, 0.15) is 5.28 Å². The van der Waals surface area contributed by atoms with Crippen LogP contribution in [0.15, 0.2) is 0 Å². The summed E-state index contributed by atoms with van der Waals surface area (Å²) in [5.74, 6) is 0. The van der Waals surface area contributed by atoms with E-state index in [1.54, 1.807) is 0 Å². The van der Waals surface area contributed by atoms with Crippen molar-refractivity contribution in [2.45, 2.75) is 64.8 Å². The predicted molar refractivity (Wildman–Crippen MR) is 70.3 cm³/mol. The van der Waals surface area contributed by atoms with Crippen LogP contribution in [0.1, 0.15) is 53.4 Å². The lowest BCUT2D eigenvalue weighted by molar-refractivity contribution is 0.0751. The zero-order chi connectivity index (χ0) is 12.9. The maximum Gasteiger partial charge on any atom is 0.350 e. The highest BCUT2D eigenvalue weighted by Crippen LogP contribution is 2.63. The summed E-state index contributed by atoms with van der Waals surface area (Å²) in [6.07, 6.45) is 3.61. The molecule has 0 unspecified atom stereocenters. The highest BCUT2D eigenvalue weighted by molar-refractivity contribution is 7.55. The molecule has 0 radical (unpaired) electrons. The Balaban J connectivity index is 2.83. The molecule has 1 fully saturated rings. The topological polar surface area (TPSA) is 47.6 Å². The summed E-state index contributed by atoms with van der Waals surface area (Å²) in [5, 5.41) is 2.82. The minimum absolute atomic E-state index is 0.0224. The molecule has 1 aliphatic heterocycles. The summed E-state index contributed by atoms with van der Waals surface area (Å²) < 4.78 is 24.0. The first-order valence-electron chi connectivity index (χ1n) is 6.65. The van der Waals surface area contributed by atoms with Crippen LogP contribution in [0.25, 0.3) is 0 Å². The standard InChI is InChI=1S/C12H26NO3P/c1-5-8-12(4,13-9-6-2)17(14)15-10-7-11(3)16-17/h11,13H,5-10H2,1-4H3/t11-,12+,17-/m0/s1. The van der Waals surface area contributed by atoms with E-state index < -0.39 is 12.9 Å². The van der Waals surface area contributed by atoms with Gasteiger partial charge in [-0.2, -0.15) is 0 Å². The molecule has 1 rings (SSSR count). The number of hydrogen-bond donors (Lipinski definition) is 1. The van der Waals surface area contributed by atoms with E-state index in [2.05, 4.69) is 19.2 Å². The van der Waals surface area contributed by atoms with Gasteiger partial charge in [0.25, 0.3) is 0 Å². The Morgan fingerprint density at radius 2 is 2.12 bits per heavy atom. The lowest BCUT2D eigenvalue weighted by Crippen LogP contribution is -2.45. The van der Waals surface area contributed by atoms with Crippen LogP contribution in [0.4, 0.5) is 0 Å². The van der Waals surface area contributed by atoms with Gasteiger partial charge in [-0.1, -0.05) is 20.3 Å². The van der Waals surface area contributed by atoms with Crippen molar-refractivity contribution in [2.24, 2.45) is 0 Å². The molecule has 0 aromatic rings. The Morgan fingerprint density at radius 3 is 2.65 bits per heavy atom. The van der Waals surface area contributed by atoms with Gasteiger partial charge in [-0.3, -0.25) is 4.57 Å². The van der Waals surface area contributed by atoms with Crippen LogP contribution in [-0.4, -0.2) is 24.5 Å². The Bertz CT molecular complexity index is 285. The maximum atomic E-state index is 12.9. The Kier molecular flexibility index (Phi) is 5.65. The molecule has 4 nitrogen and oxygen atoms in total. The van der Waals surface area contributed by atoms with Gasteiger partial charge in [0.05, 0.1) is 12.7 Å². The normalized spacial score (nSPS) is 33.3. The summed E-state index contributed by atoms with van der Waals surface area (Å²) in [7, 11) is -3.05. The molecule has 1 saturated heterocycles. The SMILES string of the molecule is CCCN[C@@](C)(CCC)[P@]1(=O)OCC[C@H](C)O1. The molecule has 0 aromatic heterocycles. The van der Waals surface area contributed by atoms with E-state index >= 15 is 0 Å². The van der Waals surface area contributed by atoms with E-state index in [0.29, 0.717) is 6.61 Å². The fraction of sp³-hybridized carbons (Fsp3) is 1.00. The molecule has 5 heteroatoms. The molecule has 3 atom stereocenters. The van der Waals surface area contributed by atoms with Crippen LogP contribution >= 0.6 is 7.60 Å². The van der Waals surface area contributed by atoms with Crippen LogP contribution in [0.2, 0.25) is 0 Å². The van der Waals surface area contributed by atoms with E-state index in [9.17, 15) is 4.57 Å². The lowest BCUT2D eigenvalue weighted by Gasteiger charge is -2.40. The average Bonchev–Trinajstić information content (AvgIpc) is 2.26. The van der Waals surface area contributed by atoms with Gasteiger partial charge >= 0.3 is 7.60 Å². The van der Waals surface area contributed by atoms with E-state index in [4.69, 9.17) is 9.05 Å². The van der Waals surface area contributed by atoms with Crippen molar-refractivity contribution in [3.8, 4) is 0 Å². The minimum Gasteiger partial charge on any atom is -0.307 e. The molecular formula is C12H26NO3P. The number of nitrogens with one attached hydrogen (secondary N) is 1. The second-order valence-corrected chi connectivity index (χ2v) is 7.44. The first kappa shape index (κ1) is 15.2. The summed E-state index contributed by atoms with van der Waals surface area (Å²) in [5.41, 5.74) is 0. The molecule has 0 aliphatic carbocycles. The van der Waals surface area contributed by atoms with E-state index in [-0.39, 0.29) is 6.10 Å². The van der Waals surface area contributed by atoms with Crippen LogP contribution < -0.4 is 5.32 Å². The molecule has 102 valence electrons. The quantitative estimate of drug-likeness (QED) is 0.745. The van der Waals surface area contributed by atoms with Gasteiger partial charge in [-0.15, -0.1) is 0 Å². The van der Waals surface area contributed by atoms with Crippen LogP contribution in [-0.2, 0) is 13.6 Å². The Labute approximate surface area is 105 Å². The van der Waals surface area contributed by atoms with Crippen molar-refractivity contribution in [1.82, 2.24) is 5.32 Å². The van der Waals surface area contributed by atoms with E-state index in [0.717, 1.165) is 32.2 Å². The van der Waals surface area contributed by atoms with Gasteiger partial charge < -0.3 is 14.4 Å². The maximum absolute atomic E-state index is 12.9. The zero-order valence-corrected chi connectivity index (χ0v) is 12.4. The van der Waals surface area contributed by atoms with Crippen molar-refractivity contribution < 1.29 is 13.6 Å². The molecule has 1 N–H and O–H groups in total. The number of hydrogen-bond acceptors (Lipinski definition) is 4. The number of rotatable bonds is 6. The lowest BCUT2D eigenvalue weighted by atomic mass is 10.2. The van der Waals surface area contributed by atoms with Crippen molar-refractivity contribution in [2.75, 3.05) is 13.2 Å². The molecule has 1 aliphatic rings. The molecular weight excluding hydrogens is 237 g/mol. The van der Waals surface area contributed by atoms with Crippen LogP contribution in [0.5, 0.6) is 0 Å². The summed E-state index contributed by atoms with van der Waals surface area (Å²) in [6.45, 7) is 9.48. The smallest absolute Gasteiger partial charge is 0.307 e. The monoisotopic (exact) mass is 263 g/mol. The average molecular weight is 263 g/mol. The second kappa shape index (κ2) is 6.33. The first-order chi connectivity index (χ1) is 7.97. The Hall–Kier alpha value is 0.110. The zero-order valence-electron chi connectivity index (χ0n) is 11.5. The van der Waals surface area contributed by atoms with Crippen molar-refractivity contribution in [3.63, 3.8) is 0 Å². The van der Waals surface area contributed by atoms with Crippen LogP contribution in [0, 0.1) is 0 Å². The summed E-state index contributed by atoms with van der Waals surface area (Å²) in [4.78, 5) is 0. The third-order valence-electron chi connectivity index (χ3n) is 3.20. The van der Waals surface area contributed by atoms with Gasteiger partial charge in [0.2, 0.25) is 0 Å². The largest absolute Gasteiger partial charge is 0.350 e. The van der Waals surface area contributed by atoms with Crippen molar-refractivity contribution in [3.05, 3.63) is 0 Å². The highest BCUT2D eigenvalue weighted by atomic mass is 31.2. The first-order valence-corrected chi connectivity index (χ1v) is 8.20. The van der Waals surface area contributed by atoms with Crippen LogP contribution in [0.3, 0.4) is 0 Å².